The molecule has 4 N–H and O–H groups in total. The van der Waals surface area contributed by atoms with E-state index in [4.69, 9.17) is 0 Å². The van der Waals surface area contributed by atoms with Crippen LogP contribution in [-0.4, -0.2) is 91.0 Å². The Kier molecular flexibility index (Phi) is 11.4. The lowest BCUT2D eigenvalue weighted by molar-refractivity contribution is -0.146. The van der Waals surface area contributed by atoms with Gasteiger partial charge >= 0.3 is 6.03 Å². The molecular weight excluding hydrogens is 721 g/mol. The van der Waals surface area contributed by atoms with E-state index in [1.54, 1.807) is 23.1 Å². The highest BCUT2D eigenvalue weighted by Gasteiger charge is 2.70. The first-order valence-corrected chi connectivity index (χ1v) is 21.4. The van der Waals surface area contributed by atoms with Crippen LogP contribution in [0.15, 0.2) is 41.8 Å². The summed E-state index contributed by atoms with van der Waals surface area (Å²) in [5.74, 6) is -2.14. The molecule has 2 heterocycles. The van der Waals surface area contributed by atoms with Gasteiger partial charge in [-0.2, -0.15) is 4.31 Å². The highest BCUT2D eigenvalue weighted by molar-refractivity contribution is 7.89. The molecule has 0 radical (unpaired) electrons. The van der Waals surface area contributed by atoms with Crippen molar-refractivity contribution in [2.24, 2.45) is 34.0 Å². The number of nitrogens with zero attached hydrogens (tertiary/aromatic N) is 2. The number of urea groups is 1. The fourth-order valence-corrected chi connectivity index (χ4v) is 10.9. The van der Waals surface area contributed by atoms with Crippen molar-refractivity contribution in [2.75, 3.05) is 19.6 Å². The predicted molar refractivity (Wildman–Crippen MR) is 208 cm³/mol. The van der Waals surface area contributed by atoms with Gasteiger partial charge in [-0.15, -0.1) is 6.58 Å². The summed E-state index contributed by atoms with van der Waals surface area (Å²) < 4.78 is 28.3. The van der Waals surface area contributed by atoms with E-state index < -0.39 is 68.6 Å². The molecular formula is C41H60N6O7S. The van der Waals surface area contributed by atoms with Gasteiger partial charge in [0.2, 0.25) is 27.6 Å². The second-order valence-corrected chi connectivity index (χ2v) is 20.5. The molecule has 3 aliphatic carbocycles. The molecule has 4 fully saturated rings. The van der Waals surface area contributed by atoms with Crippen molar-refractivity contribution >= 4 is 39.6 Å². The number of Topliss-reactive ketones (excluding diaryl/α,β-unsaturated/α-hetero) is 1. The van der Waals surface area contributed by atoms with Crippen LogP contribution < -0.4 is 21.3 Å². The monoisotopic (exact) mass is 780 g/mol. The van der Waals surface area contributed by atoms with Gasteiger partial charge in [0, 0.05) is 32.2 Å². The van der Waals surface area contributed by atoms with Crippen LogP contribution in [0.25, 0.3) is 0 Å². The van der Waals surface area contributed by atoms with Crippen molar-refractivity contribution in [1.82, 2.24) is 30.5 Å². The number of nitrogens with one attached hydrogen (secondary N) is 4. The summed E-state index contributed by atoms with van der Waals surface area (Å²) in [5, 5.41) is 11.5. The number of carbonyl (C=O) groups is 5. The van der Waals surface area contributed by atoms with Gasteiger partial charge in [0.25, 0.3) is 5.91 Å². The second kappa shape index (κ2) is 15.3. The molecule has 1 aromatic rings. The summed E-state index contributed by atoms with van der Waals surface area (Å²) >= 11 is 0. The van der Waals surface area contributed by atoms with Gasteiger partial charge in [-0.25, -0.2) is 13.2 Å². The fourth-order valence-electron chi connectivity index (χ4n) is 9.28. The Morgan fingerprint density at radius 3 is 2.27 bits per heavy atom. The lowest BCUT2D eigenvalue weighted by Gasteiger charge is -2.43. The zero-order valence-electron chi connectivity index (χ0n) is 33.3. The van der Waals surface area contributed by atoms with E-state index in [0.717, 1.165) is 32.1 Å². The summed E-state index contributed by atoms with van der Waals surface area (Å²) in [4.78, 5) is 71.3. The first-order chi connectivity index (χ1) is 25.8. The fraction of sp³-hybridized carbons (Fsp3) is 0.683. The van der Waals surface area contributed by atoms with Crippen LogP contribution in [0, 0.1) is 34.0 Å². The van der Waals surface area contributed by atoms with E-state index in [9.17, 15) is 32.4 Å². The minimum absolute atomic E-state index is 0.0446. The Hall–Kier alpha value is -3.78. The number of likely N-dealkylation sites (tertiary alicyclic amines) is 1. The quantitative estimate of drug-likeness (QED) is 0.164. The van der Waals surface area contributed by atoms with Crippen LogP contribution >= 0.6 is 0 Å². The number of hydrogen-bond donors (Lipinski definition) is 4. The number of carbonyl (C=O) groups excluding carboxylic acids is 5. The van der Waals surface area contributed by atoms with Crippen molar-refractivity contribution in [3.63, 3.8) is 0 Å². The van der Waals surface area contributed by atoms with Crippen LogP contribution in [0.2, 0.25) is 0 Å². The molecule has 0 aromatic heterocycles. The van der Waals surface area contributed by atoms with Crippen molar-refractivity contribution in [3.05, 3.63) is 42.5 Å². The molecule has 3 saturated carbocycles. The Morgan fingerprint density at radius 2 is 1.65 bits per heavy atom. The van der Waals surface area contributed by atoms with Crippen LogP contribution in [0.1, 0.15) is 98.5 Å². The summed E-state index contributed by atoms with van der Waals surface area (Å²) in [6, 6.07) is 2.87. The number of amides is 5. The molecule has 14 heteroatoms. The molecule has 13 nitrogen and oxygen atoms in total. The lowest BCUT2D eigenvalue weighted by Crippen LogP contribution is -2.63. The Balaban J connectivity index is 1.22. The molecule has 2 aliphatic heterocycles. The Morgan fingerprint density at radius 1 is 0.982 bits per heavy atom. The number of ketones is 1. The number of sulfonamides is 1. The third-order valence-corrected chi connectivity index (χ3v) is 15.1. The topological polar surface area (TPSA) is 174 Å². The normalized spacial score (nSPS) is 26.4. The molecule has 302 valence electrons. The van der Waals surface area contributed by atoms with Crippen LogP contribution in [0.5, 0.6) is 0 Å². The first-order valence-electron chi connectivity index (χ1n) is 20.0. The number of fused-ring (bicyclic) bond motifs is 2. The Labute approximate surface area is 326 Å². The van der Waals surface area contributed by atoms with Gasteiger partial charge in [-0.3, -0.25) is 19.2 Å². The summed E-state index contributed by atoms with van der Waals surface area (Å²) in [6.07, 6.45) is 7.89. The van der Waals surface area contributed by atoms with Crippen molar-refractivity contribution in [1.29, 1.82) is 0 Å². The minimum Gasteiger partial charge on any atom is -0.346 e. The van der Waals surface area contributed by atoms with Crippen molar-refractivity contribution in [2.45, 2.75) is 129 Å². The van der Waals surface area contributed by atoms with Gasteiger partial charge in [0.05, 0.1) is 10.9 Å². The largest absolute Gasteiger partial charge is 0.346 e. The third kappa shape index (κ3) is 8.36. The smallest absolute Gasteiger partial charge is 0.315 e. The molecule has 6 atom stereocenters. The molecule has 55 heavy (non-hydrogen) atoms. The molecule has 1 aromatic carbocycles. The molecule has 0 spiro atoms. The first kappa shape index (κ1) is 40.9. The Bertz CT molecular complexity index is 1810. The maximum atomic E-state index is 15.0. The van der Waals surface area contributed by atoms with Crippen molar-refractivity contribution in [3.8, 4) is 0 Å². The van der Waals surface area contributed by atoms with Crippen LogP contribution in [-0.2, 0) is 35.7 Å². The predicted octanol–water partition coefficient (Wildman–Crippen LogP) is 3.88. The van der Waals surface area contributed by atoms with E-state index in [1.807, 2.05) is 33.8 Å². The van der Waals surface area contributed by atoms with Gasteiger partial charge in [0.15, 0.2) is 0 Å². The zero-order chi connectivity index (χ0) is 40.1. The maximum absolute atomic E-state index is 15.0. The second-order valence-electron chi connectivity index (χ2n) is 18.6. The SMILES string of the molecule is C=CCNC(=O)C(=O)C(CC1CC1)NC(=O)C1C2C(CN1C(=O)C(NC(=O)NC(CN1Cc3ccccc3S1(=O)=O)C(C)(C)C)C1(C)CCCCC1)C2(C)C. The molecule has 5 amide bonds. The zero-order valence-corrected chi connectivity index (χ0v) is 34.1. The highest BCUT2D eigenvalue weighted by atomic mass is 32.2. The van der Waals surface area contributed by atoms with Gasteiger partial charge in [-0.1, -0.05) is 97.9 Å². The number of rotatable bonds is 14. The molecule has 1 saturated heterocycles. The van der Waals surface area contributed by atoms with E-state index in [0.29, 0.717) is 31.4 Å². The number of benzene rings is 1. The van der Waals surface area contributed by atoms with Crippen molar-refractivity contribution < 1.29 is 32.4 Å². The summed E-state index contributed by atoms with van der Waals surface area (Å²) in [6.45, 7) is 16.3. The maximum Gasteiger partial charge on any atom is 0.315 e. The standard InChI is InChI=1S/C41H60N6O7S/c1-8-20-42-36(50)33(48)28(21-25-16-17-25)43-35(49)32-31-27(40(31,5)6)23-47(32)37(51)34(41(7)18-12-9-13-19-41)45-38(52)44-30(39(2,3)4)24-46-22-26-14-10-11-15-29(26)55(46,53)54/h8,10-11,14-15,25,27-28,30-32,34H,1,9,12-13,16-24H2,2-7H3,(H,42,50)(H,43,49)(H2,44,45,52). The van der Waals surface area contributed by atoms with E-state index in [2.05, 4.69) is 41.7 Å². The van der Waals surface area contributed by atoms with E-state index in [1.165, 1.54) is 10.4 Å². The minimum atomic E-state index is -3.75. The summed E-state index contributed by atoms with van der Waals surface area (Å²) in [7, 11) is -3.75. The average Bonchev–Trinajstić information content (AvgIpc) is 3.94. The van der Waals surface area contributed by atoms with E-state index in [-0.39, 0.29) is 53.6 Å². The highest BCUT2D eigenvalue weighted by Crippen LogP contribution is 2.65. The lowest BCUT2D eigenvalue weighted by atomic mass is 9.70. The van der Waals surface area contributed by atoms with Crippen LogP contribution in [0.4, 0.5) is 4.79 Å². The van der Waals surface area contributed by atoms with Crippen LogP contribution in [0.3, 0.4) is 0 Å². The molecule has 6 rings (SSSR count). The number of piperidine rings is 1. The van der Waals surface area contributed by atoms with Gasteiger partial charge < -0.3 is 26.2 Å². The van der Waals surface area contributed by atoms with E-state index >= 15 is 0 Å². The molecule has 6 unspecified atom stereocenters. The molecule has 0 bridgehead atoms. The average molecular weight is 781 g/mol. The number of hydrogen-bond acceptors (Lipinski definition) is 7. The van der Waals surface area contributed by atoms with Gasteiger partial charge in [-0.05, 0) is 64.9 Å². The molecule has 5 aliphatic rings. The third-order valence-electron chi connectivity index (χ3n) is 13.2. The van der Waals surface area contributed by atoms with Gasteiger partial charge in [0.1, 0.15) is 12.1 Å². The summed E-state index contributed by atoms with van der Waals surface area (Å²) in [5.41, 5.74) is -0.639.